The van der Waals surface area contributed by atoms with Crippen molar-refractivity contribution in [3.05, 3.63) is 59.6 Å². The lowest BCUT2D eigenvalue weighted by Gasteiger charge is -2.01. The fourth-order valence-electron chi connectivity index (χ4n) is 2.35. The van der Waals surface area contributed by atoms with Crippen molar-refractivity contribution in [2.75, 3.05) is 5.32 Å². The molecule has 2 aromatic rings. The van der Waals surface area contributed by atoms with Crippen LogP contribution < -0.4 is 5.32 Å². The van der Waals surface area contributed by atoms with Crippen LogP contribution >= 0.6 is 0 Å². The molecule has 1 aliphatic carbocycles. The zero-order valence-electron chi connectivity index (χ0n) is 12.3. The predicted molar refractivity (Wildman–Crippen MR) is 84.1 cm³/mol. The second kappa shape index (κ2) is 5.60. The van der Waals surface area contributed by atoms with Gasteiger partial charge in [-0.2, -0.15) is 0 Å². The topological polar surface area (TPSA) is 42.2 Å². The van der Waals surface area contributed by atoms with E-state index in [0.717, 1.165) is 23.1 Å². The molecule has 0 bridgehead atoms. The van der Waals surface area contributed by atoms with Crippen LogP contribution in [-0.2, 0) is 4.79 Å². The second-order valence-electron chi connectivity index (χ2n) is 5.75. The number of hydrogen-bond donors (Lipinski definition) is 1. The zero-order valence-corrected chi connectivity index (χ0v) is 12.3. The van der Waals surface area contributed by atoms with Crippen molar-refractivity contribution < 1.29 is 9.21 Å². The lowest BCUT2D eigenvalue weighted by atomic mass is 10.2. The molecule has 0 spiro atoms. The molecule has 1 aliphatic rings. The van der Waals surface area contributed by atoms with Crippen molar-refractivity contribution in [1.82, 2.24) is 0 Å². The minimum absolute atomic E-state index is 0.156. The van der Waals surface area contributed by atoms with Crippen LogP contribution in [0.2, 0.25) is 0 Å². The molecule has 1 N–H and O–H groups in total. The van der Waals surface area contributed by atoms with Crippen molar-refractivity contribution in [1.29, 1.82) is 0 Å². The molecule has 3 rings (SSSR count). The minimum Gasteiger partial charge on any atom is -0.461 e. The predicted octanol–water partition coefficient (Wildman–Crippen LogP) is 4.36. The van der Waals surface area contributed by atoms with Gasteiger partial charge >= 0.3 is 0 Å². The Morgan fingerprint density at radius 1 is 1.24 bits per heavy atom. The van der Waals surface area contributed by atoms with Gasteiger partial charge in [-0.05, 0) is 49.6 Å². The van der Waals surface area contributed by atoms with Gasteiger partial charge in [-0.3, -0.25) is 4.79 Å². The van der Waals surface area contributed by atoms with Gasteiger partial charge in [-0.25, -0.2) is 0 Å². The van der Waals surface area contributed by atoms with Gasteiger partial charge in [0.15, 0.2) is 0 Å². The molecule has 2 unspecified atom stereocenters. The molecule has 1 aromatic carbocycles. The maximum absolute atomic E-state index is 11.8. The molecule has 21 heavy (non-hydrogen) atoms. The Balaban J connectivity index is 1.58. The molecular formula is C18H19NO2. The molecule has 1 aromatic heterocycles. The highest BCUT2D eigenvalue weighted by Gasteiger charge is 2.36. The highest BCUT2D eigenvalue weighted by atomic mass is 16.3. The number of carbonyl (C=O) groups is 1. The number of amides is 1. The normalized spacial score (nSPS) is 20.7. The van der Waals surface area contributed by atoms with Crippen LogP contribution in [-0.4, -0.2) is 5.91 Å². The van der Waals surface area contributed by atoms with Crippen LogP contribution in [0.5, 0.6) is 0 Å². The Hall–Kier alpha value is -2.29. The first-order valence-corrected chi connectivity index (χ1v) is 7.27. The number of rotatable bonds is 4. The van der Waals surface area contributed by atoms with E-state index in [-0.39, 0.29) is 5.91 Å². The molecule has 2 atom stereocenters. The van der Waals surface area contributed by atoms with Crippen molar-refractivity contribution in [2.45, 2.75) is 26.2 Å². The third kappa shape index (κ3) is 3.43. The minimum atomic E-state index is -0.156. The third-order valence-corrected chi connectivity index (χ3v) is 3.84. The Kier molecular flexibility index (Phi) is 3.65. The summed E-state index contributed by atoms with van der Waals surface area (Å²) in [7, 11) is 0. The average molecular weight is 281 g/mol. The largest absolute Gasteiger partial charge is 0.461 e. The fourth-order valence-corrected chi connectivity index (χ4v) is 2.35. The zero-order chi connectivity index (χ0) is 14.8. The van der Waals surface area contributed by atoms with Gasteiger partial charge in [0.05, 0.1) is 0 Å². The SMILES string of the molecule is Cc1ccc(NC(=O)/C=C/c2ccc(C3CC3C)o2)cc1. The maximum atomic E-state index is 11.8. The van der Waals surface area contributed by atoms with E-state index in [2.05, 4.69) is 12.2 Å². The monoisotopic (exact) mass is 281 g/mol. The summed E-state index contributed by atoms with van der Waals surface area (Å²) in [6, 6.07) is 11.6. The number of carbonyl (C=O) groups excluding carboxylic acids is 1. The lowest BCUT2D eigenvalue weighted by Crippen LogP contribution is -2.07. The summed E-state index contributed by atoms with van der Waals surface area (Å²) < 4.78 is 5.73. The standard InChI is InChI=1S/C18H19NO2/c1-12-3-5-14(6-4-12)19-18(20)10-8-15-7-9-17(21-15)16-11-13(16)2/h3-10,13,16H,11H2,1-2H3,(H,19,20)/b10-8+. The summed E-state index contributed by atoms with van der Waals surface area (Å²) >= 11 is 0. The Morgan fingerprint density at radius 3 is 2.62 bits per heavy atom. The number of furan rings is 1. The van der Waals surface area contributed by atoms with Crippen molar-refractivity contribution in [3.8, 4) is 0 Å². The Labute approximate surface area is 124 Å². The quantitative estimate of drug-likeness (QED) is 0.846. The van der Waals surface area contributed by atoms with E-state index in [1.807, 2.05) is 43.3 Å². The number of benzene rings is 1. The lowest BCUT2D eigenvalue weighted by molar-refractivity contribution is -0.111. The molecule has 3 nitrogen and oxygen atoms in total. The van der Waals surface area contributed by atoms with Crippen LogP contribution in [0, 0.1) is 12.8 Å². The summed E-state index contributed by atoms with van der Waals surface area (Å²) in [6.45, 7) is 4.23. The number of nitrogens with one attached hydrogen (secondary N) is 1. The smallest absolute Gasteiger partial charge is 0.248 e. The van der Waals surface area contributed by atoms with E-state index >= 15 is 0 Å². The van der Waals surface area contributed by atoms with Crippen molar-refractivity contribution >= 4 is 17.7 Å². The third-order valence-electron chi connectivity index (χ3n) is 3.84. The summed E-state index contributed by atoms with van der Waals surface area (Å²) in [4.78, 5) is 11.8. The summed E-state index contributed by atoms with van der Waals surface area (Å²) in [5.41, 5.74) is 1.96. The number of aryl methyl sites for hydroxylation is 1. The fraction of sp³-hybridized carbons (Fsp3) is 0.278. The van der Waals surface area contributed by atoms with Gasteiger partial charge in [0.1, 0.15) is 11.5 Å². The molecule has 1 saturated carbocycles. The van der Waals surface area contributed by atoms with Gasteiger partial charge in [-0.1, -0.05) is 24.6 Å². The molecule has 1 heterocycles. The number of anilines is 1. The maximum Gasteiger partial charge on any atom is 0.248 e. The molecule has 0 radical (unpaired) electrons. The Morgan fingerprint density at radius 2 is 1.95 bits per heavy atom. The van der Waals surface area contributed by atoms with Crippen LogP contribution in [0.15, 0.2) is 46.9 Å². The number of hydrogen-bond acceptors (Lipinski definition) is 2. The summed E-state index contributed by atoms with van der Waals surface area (Å²) in [5.74, 6) is 2.88. The van der Waals surface area contributed by atoms with Crippen LogP contribution in [0.3, 0.4) is 0 Å². The molecular weight excluding hydrogens is 262 g/mol. The van der Waals surface area contributed by atoms with Gasteiger partial charge in [0.2, 0.25) is 5.91 Å². The average Bonchev–Trinajstić information content (AvgIpc) is 3.01. The van der Waals surface area contributed by atoms with E-state index in [1.165, 1.54) is 18.1 Å². The molecule has 0 aliphatic heterocycles. The highest BCUT2D eigenvalue weighted by Crippen LogP contribution is 2.47. The van der Waals surface area contributed by atoms with E-state index < -0.39 is 0 Å². The first kappa shape index (κ1) is 13.7. The van der Waals surface area contributed by atoms with Gasteiger partial charge in [-0.15, -0.1) is 0 Å². The van der Waals surface area contributed by atoms with Gasteiger partial charge < -0.3 is 9.73 Å². The van der Waals surface area contributed by atoms with E-state index in [9.17, 15) is 4.79 Å². The first-order valence-electron chi connectivity index (χ1n) is 7.27. The van der Waals surface area contributed by atoms with Crippen molar-refractivity contribution in [2.24, 2.45) is 5.92 Å². The highest BCUT2D eigenvalue weighted by molar-refractivity contribution is 6.01. The van der Waals surface area contributed by atoms with Crippen LogP contribution in [0.4, 0.5) is 5.69 Å². The summed E-state index contributed by atoms with van der Waals surface area (Å²) in [6.07, 6.45) is 4.41. The molecule has 3 heteroatoms. The van der Waals surface area contributed by atoms with Gasteiger partial charge in [0.25, 0.3) is 0 Å². The first-order chi connectivity index (χ1) is 10.1. The van der Waals surface area contributed by atoms with E-state index in [0.29, 0.717) is 5.92 Å². The molecule has 108 valence electrons. The molecule has 1 amide bonds. The van der Waals surface area contributed by atoms with E-state index in [1.54, 1.807) is 6.08 Å². The molecule has 1 fully saturated rings. The van der Waals surface area contributed by atoms with E-state index in [4.69, 9.17) is 4.42 Å². The van der Waals surface area contributed by atoms with Crippen molar-refractivity contribution in [3.63, 3.8) is 0 Å². The second-order valence-corrected chi connectivity index (χ2v) is 5.75. The van der Waals surface area contributed by atoms with Crippen LogP contribution in [0.1, 0.15) is 36.3 Å². The van der Waals surface area contributed by atoms with Crippen LogP contribution in [0.25, 0.3) is 6.08 Å². The van der Waals surface area contributed by atoms with Gasteiger partial charge in [0, 0.05) is 17.7 Å². The molecule has 0 saturated heterocycles. The Bertz CT molecular complexity index is 667. The summed E-state index contributed by atoms with van der Waals surface area (Å²) in [5, 5.41) is 2.82.